The van der Waals surface area contributed by atoms with Gasteiger partial charge in [-0.15, -0.1) is 0 Å². The van der Waals surface area contributed by atoms with Crippen LogP contribution in [0.1, 0.15) is 5.69 Å². The van der Waals surface area contributed by atoms with E-state index in [1.165, 1.54) is 18.2 Å². The molecule has 24 heavy (non-hydrogen) atoms. The van der Waals surface area contributed by atoms with Gasteiger partial charge < -0.3 is 10.6 Å². The van der Waals surface area contributed by atoms with Gasteiger partial charge in [-0.1, -0.05) is 28.1 Å². The predicted octanol–water partition coefficient (Wildman–Crippen LogP) is 5.31. The van der Waals surface area contributed by atoms with Gasteiger partial charge in [-0.05, 0) is 37.3 Å². The van der Waals surface area contributed by atoms with Crippen molar-refractivity contribution in [2.45, 2.75) is 6.92 Å². The van der Waals surface area contributed by atoms with E-state index in [1.807, 2.05) is 24.3 Å². The average Bonchev–Trinajstić information content (AvgIpc) is 2.50. The van der Waals surface area contributed by atoms with Crippen LogP contribution >= 0.6 is 15.9 Å². The molecule has 3 aromatic rings. The molecule has 0 radical (unpaired) electrons. The molecule has 7 heteroatoms. The summed E-state index contributed by atoms with van der Waals surface area (Å²) in [6.07, 6.45) is 0. The Hall–Kier alpha value is -2.54. The van der Waals surface area contributed by atoms with E-state index in [2.05, 4.69) is 36.5 Å². The first-order valence-corrected chi connectivity index (χ1v) is 7.90. The molecule has 0 aliphatic carbocycles. The highest BCUT2D eigenvalue weighted by molar-refractivity contribution is 9.10. The summed E-state index contributed by atoms with van der Waals surface area (Å²) in [4.78, 5) is 8.42. The molecule has 0 fully saturated rings. The molecule has 0 unspecified atom stereocenters. The normalized spacial score (nSPS) is 10.5. The first kappa shape index (κ1) is 16.3. The third kappa shape index (κ3) is 3.86. The standard InChI is InChI=1S/C17H13BrF2N4/c1-10-8-15(22-12-5-2-4-11(18)9-12)23-17(21-10)24-16-13(19)6-3-7-14(16)20/h2-9H,1H3,(H2,21,22,23,24). The second-order valence-electron chi connectivity index (χ2n) is 5.08. The fourth-order valence-corrected chi connectivity index (χ4v) is 2.53. The first-order valence-electron chi connectivity index (χ1n) is 7.10. The third-order valence-corrected chi connectivity index (χ3v) is 3.64. The van der Waals surface area contributed by atoms with Crippen LogP contribution in [0.5, 0.6) is 0 Å². The summed E-state index contributed by atoms with van der Waals surface area (Å²) in [6, 6.07) is 12.9. The predicted molar refractivity (Wildman–Crippen MR) is 93.8 cm³/mol. The average molecular weight is 391 g/mol. The SMILES string of the molecule is Cc1cc(Nc2cccc(Br)c2)nc(Nc2c(F)cccc2F)n1. The van der Waals surface area contributed by atoms with E-state index >= 15 is 0 Å². The van der Waals surface area contributed by atoms with E-state index in [-0.39, 0.29) is 11.6 Å². The molecule has 122 valence electrons. The Labute approximate surface area is 146 Å². The molecule has 0 saturated carbocycles. The lowest BCUT2D eigenvalue weighted by atomic mass is 10.3. The number of aryl methyl sites for hydroxylation is 1. The van der Waals surface area contributed by atoms with Gasteiger partial charge in [0.1, 0.15) is 23.1 Å². The lowest BCUT2D eigenvalue weighted by molar-refractivity contribution is 0.590. The second-order valence-corrected chi connectivity index (χ2v) is 5.99. The molecule has 0 saturated heterocycles. The number of benzene rings is 2. The van der Waals surface area contributed by atoms with Gasteiger partial charge in [0.25, 0.3) is 0 Å². The molecule has 3 rings (SSSR count). The Morgan fingerprint density at radius 2 is 1.62 bits per heavy atom. The summed E-state index contributed by atoms with van der Waals surface area (Å²) < 4.78 is 28.4. The van der Waals surface area contributed by atoms with Gasteiger partial charge in [-0.25, -0.2) is 13.8 Å². The van der Waals surface area contributed by atoms with Crippen molar-refractivity contribution < 1.29 is 8.78 Å². The highest BCUT2D eigenvalue weighted by atomic mass is 79.9. The molecule has 4 nitrogen and oxygen atoms in total. The number of rotatable bonds is 4. The topological polar surface area (TPSA) is 49.8 Å². The number of aromatic nitrogens is 2. The quantitative estimate of drug-likeness (QED) is 0.633. The third-order valence-electron chi connectivity index (χ3n) is 3.15. The molecule has 0 aliphatic heterocycles. The van der Waals surface area contributed by atoms with Gasteiger partial charge in [0.2, 0.25) is 5.95 Å². The molecule has 1 heterocycles. The summed E-state index contributed by atoms with van der Waals surface area (Å²) in [5.41, 5.74) is 1.20. The van der Waals surface area contributed by atoms with Crippen molar-refractivity contribution in [3.8, 4) is 0 Å². The van der Waals surface area contributed by atoms with Crippen molar-refractivity contribution >= 4 is 39.1 Å². The van der Waals surface area contributed by atoms with Crippen LogP contribution in [0.3, 0.4) is 0 Å². The Morgan fingerprint density at radius 1 is 0.917 bits per heavy atom. The highest BCUT2D eigenvalue weighted by Crippen LogP contribution is 2.24. The maximum atomic E-state index is 13.7. The van der Waals surface area contributed by atoms with E-state index in [4.69, 9.17) is 0 Å². The van der Waals surface area contributed by atoms with Crippen LogP contribution in [0.2, 0.25) is 0 Å². The number of para-hydroxylation sites is 1. The lowest BCUT2D eigenvalue weighted by Crippen LogP contribution is -2.04. The van der Waals surface area contributed by atoms with Gasteiger partial charge in [-0.2, -0.15) is 4.98 Å². The zero-order chi connectivity index (χ0) is 17.1. The van der Waals surface area contributed by atoms with E-state index in [1.54, 1.807) is 13.0 Å². The van der Waals surface area contributed by atoms with Gasteiger partial charge >= 0.3 is 0 Å². The molecule has 0 aliphatic rings. The van der Waals surface area contributed by atoms with Crippen molar-refractivity contribution in [3.63, 3.8) is 0 Å². The number of nitrogens with zero attached hydrogens (tertiary/aromatic N) is 2. The fourth-order valence-electron chi connectivity index (χ4n) is 2.13. The Bertz CT molecular complexity index is 866. The maximum absolute atomic E-state index is 13.7. The number of nitrogens with one attached hydrogen (secondary N) is 2. The molecule has 1 aromatic heterocycles. The summed E-state index contributed by atoms with van der Waals surface area (Å²) in [5, 5.41) is 5.73. The Kier molecular flexibility index (Phi) is 4.71. The van der Waals surface area contributed by atoms with Gasteiger partial charge in [0, 0.05) is 21.9 Å². The number of anilines is 4. The zero-order valence-corrected chi connectivity index (χ0v) is 14.2. The van der Waals surface area contributed by atoms with Crippen molar-refractivity contribution in [2.75, 3.05) is 10.6 Å². The molecule has 2 N–H and O–H groups in total. The maximum Gasteiger partial charge on any atom is 0.229 e. The van der Waals surface area contributed by atoms with Crippen molar-refractivity contribution in [3.05, 3.63) is 70.3 Å². The second kappa shape index (κ2) is 6.92. The fraction of sp³-hybridized carbons (Fsp3) is 0.0588. The van der Waals surface area contributed by atoms with Crippen molar-refractivity contribution in [1.82, 2.24) is 9.97 Å². The van der Waals surface area contributed by atoms with E-state index < -0.39 is 11.6 Å². The summed E-state index contributed by atoms with van der Waals surface area (Å²) >= 11 is 3.40. The minimum Gasteiger partial charge on any atom is -0.340 e. The Balaban J connectivity index is 1.89. The zero-order valence-electron chi connectivity index (χ0n) is 12.6. The van der Waals surface area contributed by atoms with Gasteiger partial charge in [-0.3, -0.25) is 0 Å². The highest BCUT2D eigenvalue weighted by Gasteiger charge is 2.11. The summed E-state index contributed by atoms with van der Waals surface area (Å²) in [7, 11) is 0. The van der Waals surface area contributed by atoms with Gasteiger partial charge in [0.15, 0.2) is 0 Å². The molecule has 0 atom stereocenters. The smallest absolute Gasteiger partial charge is 0.229 e. The minimum absolute atomic E-state index is 0.108. The van der Waals surface area contributed by atoms with Crippen LogP contribution in [0.4, 0.5) is 31.9 Å². The summed E-state index contributed by atoms with van der Waals surface area (Å²) in [6.45, 7) is 1.77. The van der Waals surface area contributed by atoms with Crippen molar-refractivity contribution in [1.29, 1.82) is 0 Å². The lowest BCUT2D eigenvalue weighted by Gasteiger charge is -2.11. The van der Waals surface area contributed by atoms with Crippen LogP contribution in [-0.4, -0.2) is 9.97 Å². The minimum atomic E-state index is -0.707. The van der Waals surface area contributed by atoms with Crippen LogP contribution in [0, 0.1) is 18.6 Å². The number of hydrogen-bond donors (Lipinski definition) is 2. The van der Waals surface area contributed by atoms with Gasteiger partial charge in [0.05, 0.1) is 0 Å². The Morgan fingerprint density at radius 3 is 2.33 bits per heavy atom. The van der Waals surface area contributed by atoms with Crippen LogP contribution in [0.25, 0.3) is 0 Å². The molecular weight excluding hydrogens is 378 g/mol. The van der Waals surface area contributed by atoms with E-state index in [0.29, 0.717) is 11.5 Å². The monoisotopic (exact) mass is 390 g/mol. The summed E-state index contributed by atoms with van der Waals surface area (Å²) in [5.74, 6) is -0.792. The number of halogens is 3. The van der Waals surface area contributed by atoms with Crippen LogP contribution < -0.4 is 10.6 Å². The molecule has 0 amide bonds. The van der Waals surface area contributed by atoms with E-state index in [0.717, 1.165) is 10.2 Å². The molecular formula is C17H13BrF2N4. The molecule has 2 aromatic carbocycles. The molecule has 0 bridgehead atoms. The van der Waals surface area contributed by atoms with Crippen molar-refractivity contribution in [2.24, 2.45) is 0 Å². The van der Waals surface area contributed by atoms with Crippen LogP contribution in [0.15, 0.2) is 53.0 Å². The van der Waals surface area contributed by atoms with Crippen LogP contribution in [-0.2, 0) is 0 Å². The van der Waals surface area contributed by atoms with E-state index in [9.17, 15) is 8.78 Å². The first-order chi connectivity index (χ1) is 11.5. The molecule has 0 spiro atoms. The largest absolute Gasteiger partial charge is 0.340 e. The number of hydrogen-bond acceptors (Lipinski definition) is 4.